The van der Waals surface area contributed by atoms with Gasteiger partial charge in [-0.2, -0.15) is 5.21 Å². The number of nitrogens with zero attached hydrogens (tertiary/aromatic N) is 6. The van der Waals surface area contributed by atoms with Crippen LogP contribution >= 0.6 is 0 Å². The monoisotopic (exact) mass is 318 g/mol. The lowest BCUT2D eigenvalue weighted by atomic mass is 10.1. The summed E-state index contributed by atoms with van der Waals surface area (Å²) in [5.41, 5.74) is 0.383. The summed E-state index contributed by atoms with van der Waals surface area (Å²) in [7, 11) is 0. The molecule has 3 rings (SSSR count). The lowest BCUT2D eigenvalue weighted by Gasteiger charge is -2.12. The SMILES string of the molecule is O=C(NCCCc1nn[nH]n1)c1cn(C2CCCCCC2)nn1. The number of aryl methyl sites for hydroxylation is 1. The molecule has 9 nitrogen and oxygen atoms in total. The Morgan fingerprint density at radius 3 is 2.83 bits per heavy atom. The number of nitrogens with one attached hydrogen (secondary N) is 2. The first-order valence-corrected chi connectivity index (χ1v) is 8.25. The molecule has 0 saturated heterocycles. The zero-order valence-corrected chi connectivity index (χ0v) is 13.1. The largest absolute Gasteiger partial charge is 0.351 e. The van der Waals surface area contributed by atoms with Crippen LogP contribution in [0.4, 0.5) is 0 Å². The van der Waals surface area contributed by atoms with Gasteiger partial charge in [-0.25, -0.2) is 4.68 Å². The highest BCUT2D eigenvalue weighted by Crippen LogP contribution is 2.26. The molecule has 0 atom stereocenters. The fourth-order valence-corrected chi connectivity index (χ4v) is 2.91. The topological polar surface area (TPSA) is 114 Å². The van der Waals surface area contributed by atoms with Crippen molar-refractivity contribution >= 4 is 5.91 Å². The molecule has 0 aliphatic heterocycles. The Kier molecular flexibility index (Phi) is 5.28. The van der Waals surface area contributed by atoms with Crippen LogP contribution in [0, 0.1) is 0 Å². The second-order valence-electron chi connectivity index (χ2n) is 5.92. The van der Waals surface area contributed by atoms with Crippen LogP contribution in [0.5, 0.6) is 0 Å². The van der Waals surface area contributed by atoms with Crippen molar-refractivity contribution in [2.24, 2.45) is 0 Å². The van der Waals surface area contributed by atoms with E-state index in [9.17, 15) is 4.79 Å². The molecule has 0 radical (unpaired) electrons. The van der Waals surface area contributed by atoms with Crippen molar-refractivity contribution in [3.63, 3.8) is 0 Å². The average molecular weight is 318 g/mol. The van der Waals surface area contributed by atoms with Crippen molar-refractivity contribution in [2.75, 3.05) is 6.54 Å². The third-order valence-electron chi connectivity index (χ3n) is 4.19. The minimum atomic E-state index is -0.182. The summed E-state index contributed by atoms with van der Waals surface area (Å²) >= 11 is 0. The first-order valence-electron chi connectivity index (χ1n) is 8.25. The first-order chi connectivity index (χ1) is 11.3. The number of carbonyl (C=O) groups excluding carboxylic acids is 1. The van der Waals surface area contributed by atoms with E-state index in [0.29, 0.717) is 30.5 Å². The van der Waals surface area contributed by atoms with E-state index in [-0.39, 0.29) is 5.91 Å². The van der Waals surface area contributed by atoms with Crippen molar-refractivity contribution in [3.8, 4) is 0 Å². The number of hydrogen-bond donors (Lipinski definition) is 2. The van der Waals surface area contributed by atoms with E-state index in [2.05, 4.69) is 36.3 Å². The van der Waals surface area contributed by atoms with Gasteiger partial charge in [-0.3, -0.25) is 4.79 Å². The van der Waals surface area contributed by atoms with Gasteiger partial charge in [-0.15, -0.1) is 15.3 Å². The van der Waals surface area contributed by atoms with Crippen LogP contribution in [-0.2, 0) is 6.42 Å². The zero-order valence-electron chi connectivity index (χ0n) is 13.1. The molecule has 1 amide bonds. The Bertz CT molecular complexity index is 600. The summed E-state index contributed by atoms with van der Waals surface area (Å²) in [5.74, 6) is 0.469. The molecular formula is C14H22N8O. The Labute approximate surface area is 134 Å². The number of aromatic amines is 1. The van der Waals surface area contributed by atoms with E-state index < -0.39 is 0 Å². The lowest BCUT2D eigenvalue weighted by molar-refractivity contribution is 0.0948. The lowest BCUT2D eigenvalue weighted by Crippen LogP contribution is -2.25. The van der Waals surface area contributed by atoms with E-state index in [4.69, 9.17) is 0 Å². The van der Waals surface area contributed by atoms with Crippen LogP contribution < -0.4 is 5.32 Å². The van der Waals surface area contributed by atoms with Crippen LogP contribution in [-0.4, -0.2) is 48.1 Å². The minimum Gasteiger partial charge on any atom is -0.351 e. The van der Waals surface area contributed by atoms with Crippen molar-refractivity contribution in [3.05, 3.63) is 17.7 Å². The Morgan fingerprint density at radius 2 is 2.09 bits per heavy atom. The number of tetrazole rings is 1. The normalized spacial score (nSPS) is 16.2. The third-order valence-corrected chi connectivity index (χ3v) is 4.19. The molecule has 2 N–H and O–H groups in total. The van der Waals surface area contributed by atoms with Gasteiger partial charge in [0, 0.05) is 13.0 Å². The maximum atomic E-state index is 12.1. The second-order valence-corrected chi connectivity index (χ2v) is 5.92. The summed E-state index contributed by atoms with van der Waals surface area (Å²) in [6, 6.07) is 0.379. The number of aromatic nitrogens is 7. The standard InChI is InChI=1S/C14H22N8O/c23-14(15-9-5-8-13-17-19-20-18-13)12-10-22(21-16-12)11-6-3-1-2-4-7-11/h10-11H,1-9H2,(H,15,23)(H,17,18,19,20). The summed E-state index contributed by atoms with van der Waals surface area (Å²) < 4.78 is 1.86. The molecule has 0 aromatic carbocycles. The number of amides is 1. The average Bonchev–Trinajstić information content (AvgIpc) is 3.19. The number of carbonyl (C=O) groups is 1. The summed E-state index contributed by atoms with van der Waals surface area (Å²) in [6.45, 7) is 0.545. The molecule has 1 aliphatic rings. The molecule has 1 saturated carbocycles. The maximum absolute atomic E-state index is 12.1. The van der Waals surface area contributed by atoms with Gasteiger partial charge in [0.1, 0.15) is 0 Å². The molecule has 1 aliphatic carbocycles. The zero-order chi connectivity index (χ0) is 15.9. The molecule has 9 heteroatoms. The van der Waals surface area contributed by atoms with Crippen LogP contribution in [0.2, 0.25) is 0 Å². The summed E-state index contributed by atoms with van der Waals surface area (Å²) in [4.78, 5) is 12.1. The van der Waals surface area contributed by atoms with Gasteiger partial charge >= 0.3 is 0 Å². The Balaban J connectivity index is 1.46. The van der Waals surface area contributed by atoms with Gasteiger partial charge in [0.25, 0.3) is 5.91 Å². The second kappa shape index (κ2) is 7.80. The number of H-pyrrole nitrogens is 1. The molecule has 0 spiro atoms. The summed E-state index contributed by atoms with van der Waals surface area (Å²) in [5, 5.41) is 24.6. The van der Waals surface area contributed by atoms with Gasteiger partial charge in [0.05, 0.1) is 12.2 Å². The predicted octanol–water partition coefficient (Wildman–Crippen LogP) is 1.05. The maximum Gasteiger partial charge on any atom is 0.273 e. The molecular weight excluding hydrogens is 296 g/mol. The fourth-order valence-electron chi connectivity index (χ4n) is 2.91. The highest BCUT2D eigenvalue weighted by Gasteiger charge is 2.18. The number of rotatable bonds is 6. The fraction of sp³-hybridized carbons (Fsp3) is 0.714. The van der Waals surface area contributed by atoms with Gasteiger partial charge in [-0.1, -0.05) is 36.1 Å². The molecule has 2 aromatic rings. The van der Waals surface area contributed by atoms with Gasteiger partial charge in [-0.05, 0) is 19.3 Å². The van der Waals surface area contributed by atoms with E-state index in [1.165, 1.54) is 25.7 Å². The van der Waals surface area contributed by atoms with E-state index in [0.717, 1.165) is 19.3 Å². The minimum absolute atomic E-state index is 0.182. The Hall–Kier alpha value is -2.32. The van der Waals surface area contributed by atoms with Crippen LogP contribution in [0.3, 0.4) is 0 Å². The van der Waals surface area contributed by atoms with E-state index >= 15 is 0 Å². The van der Waals surface area contributed by atoms with Gasteiger partial charge < -0.3 is 5.32 Å². The van der Waals surface area contributed by atoms with Crippen molar-refractivity contribution in [2.45, 2.75) is 57.4 Å². The van der Waals surface area contributed by atoms with Crippen molar-refractivity contribution in [1.29, 1.82) is 0 Å². The van der Waals surface area contributed by atoms with Crippen molar-refractivity contribution in [1.82, 2.24) is 40.9 Å². The molecule has 0 bridgehead atoms. The molecule has 1 fully saturated rings. The van der Waals surface area contributed by atoms with Crippen LogP contribution in [0.25, 0.3) is 0 Å². The predicted molar refractivity (Wildman–Crippen MR) is 81.6 cm³/mol. The van der Waals surface area contributed by atoms with E-state index in [1.54, 1.807) is 6.20 Å². The number of hydrogen-bond acceptors (Lipinski definition) is 6. The molecule has 124 valence electrons. The summed E-state index contributed by atoms with van der Waals surface area (Å²) in [6.07, 6.45) is 10.5. The quantitative estimate of drug-likeness (QED) is 0.608. The molecule has 0 unspecified atom stereocenters. The van der Waals surface area contributed by atoms with Crippen molar-refractivity contribution < 1.29 is 4.79 Å². The smallest absolute Gasteiger partial charge is 0.273 e. The highest BCUT2D eigenvalue weighted by atomic mass is 16.2. The van der Waals surface area contributed by atoms with Crippen LogP contribution in [0.1, 0.15) is 67.3 Å². The Morgan fingerprint density at radius 1 is 1.26 bits per heavy atom. The van der Waals surface area contributed by atoms with Gasteiger partial charge in [0.15, 0.2) is 11.5 Å². The highest BCUT2D eigenvalue weighted by molar-refractivity contribution is 5.91. The van der Waals surface area contributed by atoms with Crippen LogP contribution in [0.15, 0.2) is 6.20 Å². The van der Waals surface area contributed by atoms with Gasteiger partial charge in [0.2, 0.25) is 0 Å². The molecule has 23 heavy (non-hydrogen) atoms. The third kappa shape index (κ3) is 4.33. The molecule has 2 heterocycles. The van der Waals surface area contributed by atoms with E-state index in [1.807, 2.05) is 4.68 Å². The molecule has 2 aromatic heterocycles. The first kappa shape index (κ1) is 15.6.